The Kier molecular flexibility index (Phi) is 4.17. The number of methoxy groups -OCH3 is 1. The van der Waals surface area contributed by atoms with E-state index in [1.54, 1.807) is 7.11 Å². The zero-order chi connectivity index (χ0) is 12.1. The van der Waals surface area contributed by atoms with Crippen molar-refractivity contribution in [2.75, 3.05) is 45.4 Å². The van der Waals surface area contributed by atoms with E-state index >= 15 is 0 Å². The molecule has 0 spiro atoms. The van der Waals surface area contributed by atoms with Crippen LogP contribution in [0.1, 0.15) is 0 Å². The number of rotatable bonds is 4. The monoisotopic (exact) mass is 237 g/mol. The summed E-state index contributed by atoms with van der Waals surface area (Å²) >= 11 is 0. The number of likely N-dealkylation sites (N-methyl/N-ethyl adjacent to an activating group) is 1. The highest BCUT2D eigenvalue weighted by atomic mass is 16.5. The summed E-state index contributed by atoms with van der Waals surface area (Å²) in [6.45, 7) is 3.24. The zero-order valence-corrected chi connectivity index (χ0v) is 10.3. The molecular weight excluding hydrogens is 218 g/mol. The largest absolute Gasteiger partial charge is 0.481 e. The molecule has 2 heterocycles. The van der Waals surface area contributed by atoms with Gasteiger partial charge >= 0.3 is 0 Å². The fraction of sp³-hybridized carbons (Fsp3) is 0.583. The molecule has 5 heteroatoms. The van der Waals surface area contributed by atoms with Gasteiger partial charge < -0.3 is 19.7 Å². The van der Waals surface area contributed by atoms with Crippen LogP contribution in [0, 0.1) is 0 Å². The number of ether oxygens (including phenoxy) is 2. The lowest BCUT2D eigenvalue weighted by molar-refractivity contribution is 0.0938. The van der Waals surface area contributed by atoms with Crippen LogP contribution in [-0.4, -0.2) is 51.5 Å². The molecule has 1 unspecified atom stereocenters. The van der Waals surface area contributed by atoms with Gasteiger partial charge in [0.25, 0.3) is 0 Å². The predicted molar refractivity (Wildman–Crippen MR) is 66.7 cm³/mol. The Morgan fingerprint density at radius 1 is 1.59 bits per heavy atom. The molecule has 1 aliphatic rings. The van der Waals surface area contributed by atoms with Crippen LogP contribution in [0.2, 0.25) is 0 Å². The molecule has 0 aromatic carbocycles. The quantitative estimate of drug-likeness (QED) is 0.827. The smallest absolute Gasteiger partial charge is 0.214 e. The highest BCUT2D eigenvalue weighted by Crippen LogP contribution is 2.19. The minimum Gasteiger partial charge on any atom is -0.481 e. The first-order valence-electron chi connectivity index (χ1n) is 5.85. The summed E-state index contributed by atoms with van der Waals surface area (Å²) in [5.41, 5.74) is 0. The predicted octanol–water partition coefficient (Wildman–Crippen LogP) is 0.515. The lowest BCUT2D eigenvalue weighted by Crippen LogP contribution is -2.50. The molecule has 1 aliphatic heterocycles. The van der Waals surface area contributed by atoms with Gasteiger partial charge in [0.05, 0.1) is 26.4 Å². The van der Waals surface area contributed by atoms with Gasteiger partial charge in [-0.15, -0.1) is 0 Å². The number of hydrogen-bond donors (Lipinski definition) is 1. The van der Waals surface area contributed by atoms with Gasteiger partial charge in [0.2, 0.25) is 5.88 Å². The standard InChI is InChI=1S/C12H19N3O2/c1-13-8-10-9-17-7-6-15(10)11-4-3-5-12(14-11)16-2/h3-5,10,13H,6-9H2,1-2H3. The molecule has 0 bridgehead atoms. The first-order chi connectivity index (χ1) is 8.35. The molecule has 94 valence electrons. The molecule has 0 saturated carbocycles. The molecule has 17 heavy (non-hydrogen) atoms. The molecule has 1 N–H and O–H groups in total. The van der Waals surface area contributed by atoms with Crippen molar-refractivity contribution in [2.24, 2.45) is 0 Å². The minimum absolute atomic E-state index is 0.327. The second-order valence-corrected chi connectivity index (χ2v) is 4.02. The van der Waals surface area contributed by atoms with Crippen molar-refractivity contribution in [1.29, 1.82) is 0 Å². The maximum Gasteiger partial charge on any atom is 0.214 e. The van der Waals surface area contributed by atoms with Crippen molar-refractivity contribution in [3.05, 3.63) is 18.2 Å². The summed E-state index contributed by atoms with van der Waals surface area (Å²) in [6, 6.07) is 6.16. The Labute approximate surface area is 102 Å². The maximum absolute atomic E-state index is 5.50. The molecule has 5 nitrogen and oxygen atoms in total. The van der Waals surface area contributed by atoms with Crippen LogP contribution >= 0.6 is 0 Å². The van der Waals surface area contributed by atoms with Crippen molar-refractivity contribution in [3.63, 3.8) is 0 Å². The summed E-state index contributed by atoms with van der Waals surface area (Å²) in [4.78, 5) is 6.73. The highest BCUT2D eigenvalue weighted by molar-refractivity contribution is 5.42. The average molecular weight is 237 g/mol. The Morgan fingerprint density at radius 2 is 2.47 bits per heavy atom. The lowest BCUT2D eigenvalue weighted by Gasteiger charge is -2.36. The van der Waals surface area contributed by atoms with Crippen molar-refractivity contribution < 1.29 is 9.47 Å². The first-order valence-corrected chi connectivity index (χ1v) is 5.85. The number of aromatic nitrogens is 1. The van der Waals surface area contributed by atoms with Crippen LogP contribution in [0.3, 0.4) is 0 Å². The highest BCUT2D eigenvalue weighted by Gasteiger charge is 2.23. The molecule has 1 aromatic heterocycles. The number of nitrogens with zero attached hydrogens (tertiary/aromatic N) is 2. The number of pyridine rings is 1. The van der Waals surface area contributed by atoms with Gasteiger partial charge in [-0.1, -0.05) is 6.07 Å². The van der Waals surface area contributed by atoms with Gasteiger partial charge in [-0.05, 0) is 13.1 Å². The number of nitrogens with one attached hydrogen (secondary N) is 1. The second-order valence-electron chi connectivity index (χ2n) is 4.02. The van der Waals surface area contributed by atoms with Gasteiger partial charge in [-0.25, -0.2) is 0 Å². The number of hydrogen-bond acceptors (Lipinski definition) is 5. The zero-order valence-electron chi connectivity index (χ0n) is 10.3. The first kappa shape index (κ1) is 12.1. The average Bonchev–Trinajstić information content (AvgIpc) is 2.40. The summed E-state index contributed by atoms with van der Waals surface area (Å²) in [7, 11) is 3.59. The number of morpholine rings is 1. The van der Waals surface area contributed by atoms with Crippen molar-refractivity contribution in [1.82, 2.24) is 10.3 Å². The van der Waals surface area contributed by atoms with E-state index in [0.29, 0.717) is 11.9 Å². The van der Waals surface area contributed by atoms with Gasteiger partial charge in [0, 0.05) is 19.2 Å². The molecular formula is C12H19N3O2. The Morgan fingerprint density at radius 3 is 3.24 bits per heavy atom. The molecule has 0 aliphatic carbocycles. The topological polar surface area (TPSA) is 46.6 Å². The van der Waals surface area contributed by atoms with E-state index in [0.717, 1.165) is 32.1 Å². The summed E-state index contributed by atoms with van der Waals surface area (Å²) in [5.74, 6) is 1.60. The van der Waals surface area contributed by atoms with Crippen LogP contribution in [0.15, 0.2) is 18.2 Å². The van der Waals surface area contributed by atoms with Crippen molar-refractivity contribution in [2.45, 2.75) is 6.04 Å². The van der Waals surface area contributed by atoms with Crippen LogP contribution in [-0.2, 0) is 4.74 Å². The SMILES string of the molecule is CNCC1COCCN1c1cccc(OC)n1. The molecule has 1 atom stereocenters. The second kappa shape index (κ2) is 5.84. The Balaban J connectivity index is 2.16. The Hall–Kier alpha value is -1.33. The molecule has 2 rings (SSSR count). The normalized spacial score (nSPS) is 20.4. The molecule has 1 saturated heterocycles. The minimum atomic E-state index is 0.327. The van der Waals surface area contributed by atoms with E-state index in [1.165, 1.54) is 0 Å². The molecule has 1 aromatic rings. The van der Waals surface area contributed by atoms with E-state index in [2.05, 4.69) is 15.2 Å². The van der Waals surface area contributed by atoms with Crippen molar-refractivity contribution in [3.8, 4) is 5.88 Å². The van der Waals surface area contributed by atoms with Gasteiger partial charge in [-0.3, -0.25) is 0 Å². The van der Waals surface area contributed by atoms with Gasteiger partial charge in [-0.2, -0.15) is 4.98 Å². The Bertz CT molecular complexity index is 357. The fourth-order valence-electron chi connectivity index (χ4n) is 2.04. The molecule has 0 amide bonds. The van der Waals surface area contributed by atoms with Gasteiger partial charge in [0.1, 0.15) is 5.82 Å². The van der Waals surface area contributed by atoms with Crippen LogP contribution in [0.25, 0.3) is 0 Å². The van der Waals surface area contributed by atoms with Crippen LogP contribution in [0.5, 0.6) is 5.88 Å². The summed E-state index contributed by atoms with van der Waals surface area (Å²) in [5, 5.41) is 3.19. The third-order valence-corrected chi connectivity index (χ3v) is 2.88. The van der Waals surface area contributed by atoms with E-state index < -0.39 is 0 Å². The molecule has 1 fully saturated rings. The van der Waals surface area contributed by atoms with Crippen LogP contribution < -0.4 is 15.0 Å². The molecule has 0 radical (unpaired) electrons. The van der Waals surface area contributed by atoms with E-state index in [-0.39, 0.29) is 0 Å². The maximum atomic E-state index is 5.50. The fourth-order valence-corrected chi connectivity index (χ4v) is 2.04. The summed E-state index contributed by atoms with van der Waals surface area (Å²) < 4.78 is 10.7. The van der Waals surface area contributed by atoms with E-state index in [9.17, 15) is 0 Å². The summed E-state index contributed by atoms with van der Waals surface area (Å²) in [6.07, 6.45) is 0. The van der Waals surface area contributed by atoms with Crippen molar-refractivity contribution >= 4 is 5.82 Å². The van der Waals surface area contributed by atoms with E-state index in [1.807, 2.05) is 25.2 Å². The van der Waals surface area contributed by atoms with Gasteiger partial charge in [0.15, 0.2) is 0 Å². The third kappa shape index (κ3) is 2.87. The van der Waals surface area contributed by atoms with E-state index in [4.69, 9.17) is 9.47 Å². The third-order valence-electron chi connectivity index (χ3n) is 2.88. The lowest BCUT2D eigenvalue weighted by atomic mass is 10.2. The van der Waals surface area contributed by atoms with Crippen LogP contribution in [0.4, 0.5) is 5.82 Å². The number of anilines is 1.